The van der Waals surface area contributed by atoms with E-state index in [9.17, 15) is 9.59 Å². The molecule has 1 amide bonds. The van der Waals surface area contributed by atoms with Gasteiger partial charge in [-0.05, 0) is 42.3 Å². The van der Waals surface area contributed by atoms with Gasteiger partial charge in [-0.25, -0.2) is 9.67 Å². The summed E-state index contributed by atoms with van der Waals surface area (Å²) < 4.78 is 2.81. The minimum absolute atomic E-state index is 0.139. The third-order valence-electron chi connectivity index (χ3n) is 4.57. The number of hydrogen-bond acceptors (Lipinski definition) is 4. The summed E-state index contributed by atoms with van der Waals surface area (Å²) in [5.74, 6) is -0.306. The molecular weight excluding hydrogens is 390 g/mol. The van der Waals surface area contributed by atoms with E-state index in [1.807, 2.05) is 30.3 Å². The Kier molecular flexibility index (Phi) is 5.14. The average molecular weight is 408 g/mol. The average Bonchev–Trinajstić information content (AvgIpc) is 3.15. The quantitative estimate of drug-likeness (QED) is 0.549. The maximum absolute atomic E-state index is 12.8. The summed E-state index contributed by atoms with van der Waals surface area (Å²) in [6.07, 6.45) is 3.73. The summed E-state index contributed by atoms with van der Waals surface area (Å²) in [4.78, 5) is 29.5. The van der Waals surface area contributed by atoms with Gasteiger partial charge in [0.2, 0.25) is 5.91 Å². The van der Waals surface area contributed by atoms with Gasteiger partial charge in [0.15, 0.2) is 5.65 Å². The molecule has 0 unspecified atom stereocenters. The second kappa shape index (κ2) is 7.89. The Morgan fingerprint density at radius 1 is 1.17 bits per heavy atom. The van der Waals surface area contributed by atoms with Crippen LogP contribution < -0.4 is 10.9 Å². The Morgan fingerprint density at radius 2 is 1.97 bits per heavy atom. The number of fused-ring (bicyclic) bond motifs is 1. The SMILES string of the molecule is CCc1ccc(NC(=O)Cn2cnc3c(cnn3-c3cccc(Cl)c3)c2=O)cc1. The monoisotopic (exact) mass is 407 g/mol. The predicted molar refractivity (Wildman–Crippen MR) is 113 cm³/mol. The van der Waals surface area contributed by atoms with Gasteiger partial charge < -0.3 is 5.32 Å². The number of carbonyl (C=O) groups excluding carboxylic acids is 1. The molecule has 146 valence electrons. The number of nitrogens with zero attached hydrogens (tertiary/aromatic N) is 4. The Morgan fingerprint density at radius 3 is 2.69 bits per heavy atom. The van der Waals surface area contributed by atoms with E-state index in [-0.39, 0.29) is 18.0 Å². The first kappa shape index (κ1) is 18.9. The molecule has 0 bridgehead atoms. The highest BCUT2D eigenvalue weighted by molar-refractivity contribution is 6.30. The molecule has 0 atom stereocenters. The zero-order chi connectivity index (χ0) is 20.4. The molecule has 1 N–H and O–H groups in total. The first-order valence-corrected chi connectivity index (χ1v) is 9.51. The van der Waals surface area contributed by atoms with Crippen molar-refractivity contribution in [1.29, 1.82) is 0 Å². The van der Waals surface area contributed by atoms with Crippen molar-refractivity contribution >= 4 is 34.2 Å². The van der Waals surface area contributed by atoms with Crippen LogP contribution in [0.5, 0.6) is 0 Å². The predicted octanol–water partition coefficient (Wildman–Crippen LogP) is 3.44. The molecule has 0 saturated heterocycles. The molecular formula is C21H18ClN5O2. The highest BCUT2D eigenvalue weighted by Gasteiger charge is 2.13. The molecule has 2 aromatic carbocycles. The minimum atomic E-state index is -0.334. The van der Waals surface area contributed by atoms with Crippen molar-refractivity contribution in [3.05, 3.63) is 82.0 Å². The number of carbonyl (C=O) groups is 1. The lowest BCUT2D eigenvalue weighted by Gasteiger charge is -2.08. The molecule has 0 saturated carbocycles. The molecule has 0 fully saturated rings. The summed E-state index contributed by atoms with van der Waals surface area (Å²) in [6.45, 7) is 1.93. The van der Waals surface area contributed by atoms with Crippen molar-refractivity contribution in [2.24, 2.45) is 0 Å². The minimum Gasteiger partial charge on any atom is -0.325 e. The Hall–Kier alpha value is -3.45. The van der Waals surface area contributed by atoms with E-state index >= 15 is 0 Å². The smallest absolute Gasteiger partial charge is 0.264 e. The maximum Gasteiger partial charge on any atom is 0.264 e. The van der Waals surface area contributed by atoms with E-state index < -0.39 is 0 Å². The van der Waals surface area contributed by atoms with Crippen LogP contribution in [0, 0.1) is 0 Å². The van der Waals surface area contributed by atoms with E-state index in [0.717, 1.165) is 6.42 Å². The Bertz CT molecular complexity index is 1240. The van der Waals surface area contributed by atoms with E-state index in [1.54, 1.807) is 22.9 Å². The van der Waals surface area contributed by atoms with Crippen molar-refractivity contribution in [3.63, 3.8) is 0 Å². The topological polar surface area (TPSA) is 81.8 Å². The van der Waals surface area contributed by atoms with Crippen LogP contribution in [-0.4, -0.2) is 25.2 Å². The van der Waals surface area contributed by atoms with Gasteiger partial charge in [-0.2, -0.15) is 5.10 Å². The fourth-order valence-electron chi connectivity index (χ4n) is 3.04. The van der Waals surface area contributed by atoms with Gasteiger partial charge in [-0.3, -0.25) is 14.2 Å². The fraction of sp³-hybridized carbons (Fsp3) is 0.143. The van der Waals surface area contributed by atoms with Crippen LogP contribution >= 0.6 is 11.6 Å². The molecule has 4 rings (SSSR count). The second-order valence-corrected chi connectivity index (χ2v) is 6.99. The molecule has 0 spiro atoms. The Labute approximate surface area is 171 Å². The number of rotatable bonds is 5. The summed E-state index contributed by atoms with van der Waals surface area (Å²) in [6, 6.07) is 14.7. The third-order valence-corrected chi connectivity index (χ3v) is 4.80. The van der Waals surface area contributed by atoms with E-state index in [2.05, 4.69) is 22.3 Å². The molecule has 29 heavy (non-hydrogen) atoms. The number of aryl methyl sites for hydroxylation is 1. The van der Waals surface area contributed by atoms with Gasteiger partial charge in [0.05, 0.1) is 11.9 Å². The highest BCUT2D eigenvalue weighted by atomic mass is 35.5. The number of halogens is 1. The lowest BCUT2D eigenvalue weighted by Crippen LogP contribution is -2.27. The van der Waals surface area contributed by atoms with Crippen molar-refractivity contribution in [2.45, 2.75) is 19.9 Å². The van der Waals surface area contributed by atoms with Crippen LogP contribution in [0.25, 0.3) is 16.7 Å². The van der Waals surface area contributed by atoms with Gasteiger partial charge in [0.1, 0.15) is 18.3 Å². The van der Waals surface area contributed by atoms with Crippen LogP contribution in [0.4, 0.5) is 5.69 Å². The van der Waals surface area contributed by atoms with Crippen molar-refractivity contribution in [1.82, 2.24) is 19.3 Å². The number of anilines is 1. The van der Waals surface area contributed by atoms with E-state index in [4.69, 9.17) is 11.6 Å². The number of nitrogens with one attached hydrogen (secondary N) is 1. The summed E-state index contributed by atoms with van der Waals surface area (Å²) in [5, 5.41) is 7.93. The zero-order valence-corrected chi connectivity index (χ0v) is 16.4. The van der Waals surface area contributed by atoms with E-state index in [1.165, 1.54) is 22.7 Å². The van der Waals surface area contributed by atoms with Crippen LogP contribution in [0.1, 0.15) is 12.5 Å². The van der Waals surface area contributed by atoms with E-state index in [0.29, 0.717) is 27.4 Å². The van der Waals surface area contributed by atoms with Gasteiger partial charge in [-0.1, -0.05) is 36.7 Å². The number of aromatic nitrogens is 4. The first-order valence-electron chi connectivity index (χ1n) is 9.13. The molecule has 0 aliphatic rings. The molecule has 7 nitrogen and oxygen atoms in total. The summed E-state index contributed by atoms with van der Waals surface area (Å²) in [5.41, 5.74) is 2.64. The standard InChI is InChI=1S/C21H18ClN5O2/c1-2-14-6-8-16(9-7-14)25-19(28)12-26-13-23-20-18(21(26)29)11-24-27(20)17-5-3-4-15(22)10-17/h3-11,13H,2,12H2,1H3,(H,25,28). The second-order valence-electron chi connectivity index (χ2n) is 6.55. The summed E-state index contributed by atoms with van der Waals surface area (Å²) in [7, 11) is 0. The van der Waals surface area contributed by atoms with Crippen LogP contribution in [-0.2, 0) is 17.8 Å². The largest absolute Gasteiger partial charge is 0.325 e. The fourth-order valence-corrected chi connectivity index (χ4v) is 3.22. The maximum atomic E-state index is 12.8. The Balaban J connectivity index is 1.58. The molecule has 2 aromatic heterocycles. The van der Waals surface area contributed by atoms with Crippen LogP contribution in [0.15, 0.2) is 65.8 Å². The number of hydrogen-bond donors (Lipinski definition) is 1. The summed E-state index contributed by atoms with van der Waals surface area (Å²) >= 11 is 6.04. The van der Waals surface area contributed by atoms with Crippen molar-refractivity contribution in [3.8, 4) is 5.69 Å². The van der Waals surface area contributed by atoms with Crippen molar-refractivity contribution in [2.75, 3.05) is 5.32 Å². The first-order chi connectivity index (χ1) is 14.0. The molecule has 4 aromatic rings. The van der Waals surface area contributed by atoms with Gasteiger partial charge in [-0.15, -0.1) is 0 Å². The lowest BCUT2D eigenvalue weighted by molar-refractivity contribution is -0.116. The van der Waals surface area contributed by atoms with Gasteiger partial charge in [0, 0.05) is 10.7 Å². The van der Waals surface area contributed by atoms with Crippen LogP contribution in [0.2, 0.25) is 5.02 Å². The lowest BCUT2D eigenvalue weighted by atomic mass is 10.1. The molecule has 0 aliphatic carbocycles. The number of benzene rings is 2. The highest BCUT2D eigenvalue weighted by Crippen LogP contribution is 2.17. The van der Waals surface area contributed by atoms with Gasteiger partial charge in [0.25, 0.3) is 5.56 Å². The molecule has 0 radical (unpaired) electrons. The van der Waals surface area contributed by atoms with Gasteiger partial charge >= 0.3 is 0 Å². The zero-order valence-electron chi connectivity index (χ0n) is 15.7. The number of amides is 1. The molecule has 8 heteroatoms. The normalized spacial score (nSPS) is 11.0. The third kappa shape index (κ3) is 3.90. The van der Waals surface area contributed by atoms with Crippen LogP contribution in [0.3, 0.4) is 0 Å². The molecule has 0 aliphatic heterocycles. The molecule has 2 heterocycles. The van der Waals surface area contributed by atoms with Crippen molar-refractivity contribution < 1.29 is 4.79 Å².